The van der Waals surface area contributed by atoms with Crippen LogP contribution in [-0.4, -0.2) is 25.3 Å². The van der Waals surface area contributed by atoms with Gasteiger partial charge in [0.05, 0.1) is 5.71 Å². The molecule has 86 valence electrons. The summed E-state index contributed by atoms with van der Waals surface area (Å²) in [7, 11) is 1.45. The number of carbonyl (C=O) groups excluding carboxylic acids is 1. The van der Waals surface area contributed by atoms with Crippen LogP contribution >= 0.6 is 11.6 Å². The van der Waals surface area contributed by atoms with Crippen LogP contribution in [0.15, 0.2) is 29.4 Å². The Morgan fingerprint density at radius 2 is 2.06 bits per heavy atom. The van der Waals surface area contributed by atoms with Gasteiger partial charge in [-0.2, -0.15) is 5.10 Å². The number of hydrazone groups is 1. The fourth-order valence-corrected chi connectivity index (χ4v) is 1.19. The standard InChI is InChI=1S/C11H13ClN2O2/c1-8(13-14-11(15)7-16-2)9-3-5-10(12)6-4-9/h3-6H,7H2,1-2H3,(H,14,15)/b13-8+. The van der Waals surface area contributed by atoms with Gasteiger partial charge in [-0.1, -0.05) is 23.7 Å². The Hall–Kier alpha value is -1.39. The molecule has 16 heavy (non-hydrogen) atoms. The lowest BCUT2D eigenvalue weighted by molar-refractivity contribution is -0.124. The number of nitrogens with zero attached hydrogens (tertiary/aromatic N) is 1. The van der Waals surface area contributed by atoms with Crippen LogP contribution in [0.3, 0.4) is 0 Å². The highest BCUT2D eigenvalue weighted by atomic mass is 35.5. The van der Waals surface area contributed by atoms with Gasteiger partial charge in [-0.3, -0.25) is 4.79 Å². The second kappa shape index (κ2) is 6.25. The van der Waals surface area contributed by atoms with E-state index in [-0.39, 0.29) is 12.5 Å². The molecule has 0 bridgehead atoms. The fraction of sp³-hybridized carbons (Fsp3) is 0.273. The lowest BCUT2D eigenvalue weighted by Gasteiger charge is -2.02. The van der Waals surface area contributed by atoms with Gasteiger partial charge < -0.3 is 4.74 Å². The van der Waals surface area contributed by atoms with E-state index < -0.39 is 0 Å². The Morgan fingerprint density at radius 1 is 1.44 bits per heavy atom. The third-order valence-electron chi connectivity index (χ3n) is 1.89. The molecule has 4 nitrogen and oxygen atoms in total. The number of nitrogens with one attached hydrogen (secondary N) is 1. The topological polar surface area (TPSA) is 50.7 Å². The summed E-state index contributed by atoms with van der Waals surface area (Å²) >= 11 is 5.76. The lowest BCUT2D eigenvalue weighted by atomic mass is 10.1. The van der Waals surface area contributed by atoms with Crippen LogP contribution in [0.5, 0.6) is 0 Å². The summed E-state index contributed by atoms with van der Waals surface area (Å²) in [6, 6.07) is 7.22. The molecule has 0 saturated heterocycles. The SMILES string of the molecule is COCC(=O)N/N=C(\C)c1ccc(Cl)cc1. The van der Waals surface area contributed by atoms with Crippen molar-refractivity contribution < 1.29 is 9.53 Å². The van der Waals surface area contributed by atoms with Crippen LogP contribution in [-0.2, 0) is 9.53 Å². The quantitative estimate of drug-likeness (QED) is 0.645. The number of carbonyl (C=O) groups is 1. The van der Waals surface area contributed by atoms with Gasteiger partial charge in [0, 0.05) is 12.1 Å². The maximum absolute atomic E-state index is 11.1. The minimum Gasteiger partial charge on any atom is -0.375 e. The summed E-state index contributed by atoms with van der Waals surface area (Å²) in [6.45, 7) is 1.80. The maximum Gasteiger partial charge on any atom is 0.266 e. The van der Waals surface area contributed by atoms with E-state index in [9.17, 15) is 4.79 Å². The molecule has 0 aliphatic heterocycles. The van der Waals surface area contributed by atoms with Gasteiger partial charge >= 0.3 is 0 Å². The van der Waals surface area contributed by atoms with Crippen LogP contribution in [0.2, 0.25) is 5.02 Å². The number of methoxy groups -OCH3 is 1. The minimum absolute atomic E-state index is 0.00258. The van der Waals surface area contributed by atoms with E-state index in [0.717, 1.165) is 5.56 Å². The van der Waals surface area contributed by atoms with E-state index >= 15 is 0 Å². The smallest absolute Gasteiger partial charge is 0.266 e. The normalized spacial score (nSPS) is 11.3. The molecular weight excluding hydrogens is 228 g/mol. The van der Waals surface area contributed by atoms with Crippen LogP contribution in [0.4, 0.5) is 0 Å². The number of halogens is 1. The molecule has 1 aromatic rings. The van der Waals surface area contributed by atoms with Crippen molar-refractivity contribution in [1.29, 1.82) is 0 Å². The van der Waals surface area contributed by atoms with E-state index in [0.29, 0.717) is 10.7 Å². The summed E-state index contributed by atoms with van der Waals surface area (Å²) in [4.78, 5) is 11.1. The van der Waals surface area contributed by atoms with E-state index in [1.165, 1.54) is 7.11 Å². The van der Waals surface area contributed by atoms with Crippen LogP contribution < -0.4 is 5.43 Å². The molecule has 0 fully saturated rings. The van der Waals surface area contributed by atoms with E-state index in [1.807, 2.05) is 12.1 Å². The van der Waals surface area contributed by atoms with Gasteiger partial charge in [-0.05, 0) is 24.6 Å². The van der Waals surface area contributed by atoms with E-state index in [4.69, 9.17) is 11.6 Å². The predicted octanol–water partition coefficient (Wildman–Crippen LogP) is 1.83. The number of rotatable bonds is 4. The molecule has 0 heterocycles. The molecule has 0 unspecified atom stereocenters. The van der Waals surface area contributed by atoms with Crippen LogP contribution in [0.25, 0.3) is 0 Å². The summed E-state index contributed by atoms with van der Waals surface area (Å²) in [5.41, 5.74) is 4.00. The molecule has 0 atom stereocenters. The summed E-state index contributed by atoms with van der Waals surface area (Å²) in [5.74, 6) is -0.282. The highest BCUT2D eigenvalue weighted by Crippen LogP contribution is 2.09. The minimum atomic E-state index is -0.282. The summed E-state index contributed by atoms with van der Waals surface area (Å²) < 4.78 is 4.66. The van der Waals surface area contributed by atoms with E-state index in [2.05, 4.69) is 15.3 Å². The molecule has 1 aromatic carbocycles. The fourth-order valence-electron chi connectivity index (χ4n) is 1.07. The zero-order valence-corrected chi connectivity index (χ0v) is 9.91. The zero-order valence-electron chi connectivity index (χ0n) is 9.16. The summed E-state index contributed by atoms with van der Waals surface area (Å²) in [6.07, 6.45) is 0. The Labute approximate surface area is 99.2 Å². The number of ether oxygens (including phenoxy) is 1. The molecule has 0 aliphatic carbocycles. The van der Waals surface area contributed by atoms with Crippen molar-refractivity contribution in [3.63, 3.8) is 0 Å². The van der Waals surface area contributed by atoms with Gasteiger partial charge in [-0.15, -0.1) is 0 Å². The van der Waals surface area contributed by atoms with Crippen LogP contribution in [0.1, 0.15) is 12.5 Å². The molecule has 1 rings (SSSR count). The van der Waals surface area contributed by atoms with Gasteiger partial charge in [0.1, 0.15) is 6.61 Å². The molecule has 0 spiro atoms. The number of amides is 1. The number of hydrogen-bond acceptors (Lipinski definition) is 3. The van der Waals surface area contributed by atoms with Crippen molar-refractivity contribution in [1.82, 2.24) is 5.43 Å². The molecule has 0 aromatic heterocycles. The van der Waals surface area contributed by atoms with Crippen molar-refractivity contribution in [2.75, 3.05) is 13.7 Å². The second-order valence-electron chi connectivity index (χ2n) is 3.17. The number of hydrogen-bond donors (Lipinski definition) is 1. The largest absolute Gasteiger partial charge is 0.375 e. The first-order valence-electron chi connectivity index (χ1n) is 4.71. The van der Waals surface area contributed by atoms with Gasteiger partial charge in [0.2, 0.25) is 0 Å². The first kappa shape index (κ1) is 12.7. The highest BCUT2D eigenvalue weighted by Gasteiger charge is 2.00. The molecule has 0 radical (unpaired) electrons. The highest BCUT2D eigenvalue weighted by molar-refractivity contribution is 6.30. The Morgan fingerprint density at radius 3 is 2.62 bits per heavy atom. The van der Waals surface area contributed by atoms with E-state index in [1.54, 1.807) is 19.1 Å². The Kier molecular flexibility index (Phi) is 4.95. The average molecular weight is 241 g/mol. The first-order chi connectivity index (χ1) is 7.63. The molecule has 5 heteroatoms. The zero-order chi connectivity index (χ0) is 12.0. The molecule has 0 aliphatic rings. The molecule has 1 N–H and O–H groups in total. The first-order valence-corrected chi connectivity index (χ1v) is 5.09. The predicted molar refractivity (Wildman–Crippen MR) is 63.7 cm³/mol. The molecular formula is C11H13ClN2O2. The monoisotopic (exact) mass is 240 g/mol. The second-order valence-corrected chi connectivity index (χ2v) is 3.61. The molecule has 0 saturated carbocycles. The molecule has 1 amide bonds. The van der Waals surface area contributed by atoms with Crippen LogP contribution in [0, 0.1) is 0 Å². The lowest BCUT2D eigenvalue weighted by Crippen LogP contribution is -2.23. The van der Waals surface area contributed by atoms with Crippen molar-refractivity contribution in [2.24, 2.45) is 5.10 Å². The van der Waals surface area contributed by atoms with Crippen molar-refractivity contribution in [3.05, 3.63) is 34.9 Å². The van der Waals surface area contributed by atoms with Gasteiger partial charge in [0.25, 0.3) is 5.91 Å². The average Bonchev–Trinajstić information content (AvgIpc) is 2.27. The van der Waals surface area contributed by atoms with Crippen molar-refractivity contribution >= 4 is 23.2 Å². The van der Waals surface area contributed by atoms with Gasteiger partial charge in [-0.25, -0.2) is 5.43 Å². The van der Waals surface area contributed by atoms with Crippen molar-refractivity contribution in [2.45, 2.75) is 6.92 Å². The summed E-state index contributed by atoms with van der Waals surface area (Å²) in [5, 5.41) is 4.60. The number of benzene rings is 1. The maximum atomic E-state index is 11.1. The third kappa shape index (κ3) is 4.00. The van der Waals surface area contributed by atoms with Crippen molar-refractivity contribution in [3.8, 4) is 0 Å². The van der Waals surface area contributed by atoms with Gasteiger partial charge in [0.15, 0.2) is 0 Å². The third-order valence-corrected chi connectivity index (χ3v) is 2.14. The Bertz CT molecular complexity index is 387. The Balaban J connectivity index is 2.63.